The van der Waals surface area contributed by atoms with Crippen LogP contribution < -0.4 is 5.73 Å². The molecule has 0 spiro atoms. The Balaban J connectivity index is 1.98. The Hall–Kier alpha value is -1.01. The van der Waals surface area contributed by atoms with Crippen LogP contribution in [-0.4, -0.2) is 30.5 Å². The van der Waals surface area contributed by atoms with Gasteiger partial charge in [0.15, 0.2) is 0 Å². The molecule has 0 bridgehead atoms. The van der Waals surface area contributed by atoms with Crippen molar-refractivity contribution in [1.82, 2.24) is 0 Å². The molecule has 1 atom stereocenters. The van der Waals surface area contributed by atoms with E-state index in [2.05, 4.69) is 0 Å². The van der Waals surface area contributed by atoms with Crippen LogP contribution in [0.25, 0.3) is 0 Å². The lowest BCUT2D eigenvalue weighted by atomic mass is 9.77. The van der Waals surface area contributed by atoms with E-state index in [0.29, 0.717) is 12.8 Å². The maximum absolute atomic E-state index is 10.7. The standard InChI is InChI=1S/C12H20BNO4/c1-11(2)12(3,4)18-13(17-11)8-5-6-9(7-8)16-10(14)15/h5,9H,6-7H2,1-4H3,(H2,14,15). The maximum atomic E-state index is 10.7. The molecule has 1 aliphatic heterocycles. The topological polar surface area (TPSA) is 70.8 Å². The Morgan fingerprint density at radius 2 is 1.94 bits per heavy atom. The van der Waals surface area contributed by atoms with Crippen molar-refractivity contribution in [3.63, 3.8) is 0 Å². The highest BCUT2D eigenvalue weighted by molar-refractivity contribution is 6.54. The highest BCUT2D eigenvalue weighted by Gasteiger charge is 2.53. The molecule has 2 aliphatic rings. The summed E-state index contributed by atoms with van der Waals surface area (Å²) >= 11 is 0. The number of ether oxygens (including phenoxy) is 1. The van der Waals surface area contributed by atoms with Crippen molar-refractivity contribution < 1.29 is 18.8 Å². The van der Waals surface area contributed by atoms with Gasteiger partial charge in [0, 0.05) is 12.8 Å². The third-order valence-electron chi connectivity index (χ3n) is 3.95. The molecule has 0 aromatic rings. The molecule has 1 amide bonds. The van der Waals surface area contributed by atoms with Crippen molar-refractivity contribution >= 4 is 13.2 Å². The normalized spacial score (nSPS) is 29.2. The first-order chi connectivity index (χ1) is 8.21. The van der Waals surface area contributed by atoms with Gasteiger partial charge in [-0.3, -0.25) is 0 Å². The zero-order valence-electron chi connectivity index (χ0n) is 11.4. The number of hydrogen-bond donors (Lipinski definition) is 1. The molecule has 1 heterocycles. The predicted octanol–water partition coefficient (Wildman–Crippen LogP) is 1.80. The van der Waals surface area contributed by atoms with Crippen LogP contribution in [0, 0.1) is 0 Å². The van der Waals surface area contributed by atoms with E-state index in [1.165, 1.54) is 0 Å². The minimum absolute atomic E-state index is 0.184. The van der Waals surface area contributed by atoms with Crippen LogP contribution in [0.3, 0.4) is 0 Å². The fourth-order valence-corrected chi connectivity index (χ4v) is 2.15. The summed E-state index contributed by atoms with van der Waals surface area (Å²) in [7, 11) is -0.350. The van der Waals surface area contributed by atoms with Crippen LogP contribution in [0.2, 0.25) is 0 Å². The second kappa shape index (κ2) is 4.28. The monoisotopic (exact) mass is 253 g/mol. The number of rotatable bonds is 2. The molecule has 1 aliphatic carbocycles. The van der Waals surface area contributed by atoms with E-state index in [0.717, 1.165) is 5.47 Å². The Kier molecular flexibility index (Phi) is 3.19. The number of hydrogen-bond acceptors (Lipinski definition) is 4. The van der Waals surface area contributed by atoms with Crippen LogP contribution in [0.15, 0.2) is 11.5 Å². The molecule has 6 heteroatoms. The van der Waals surface area contributed by atoms with Crippen molar-refractivity contribution in [2.75, 3.05) is 0 Å². The Labute approximate surface area is 108 Å². The molecule has 2 rings (SSSR count). The van der Waals surface area contributed by atoms with Gasteiger partial charge in [-0.2, -0.15) is 0 Å². The van der Waals surface area contributed by atoms with Gasteiger partial charge >= 0.3 is 13.2 Å². The van der Waals surface area contributed by atoms with Crippen molar-refractivity contribution in [3.8, 4) is 0 Å². The summed E-state index contributed by atoms with van der Waals surface area (Å²) in [5.74, 6) is 0. The van der Waals surface area contributed by atoms with Crippen molar-refractivity contribution in [2.45, 2.75) is 57.8 Å². The average molecular weight is 253 g/mol. The number of carbonyl (C=O) groups is 1. The van der Waals surface area contributed by atoms with E-state index >= 15 is 0 Å². The van der Waals surface area contributed by atoms with Crippen LogP contribution in [0.4, 0.5) is 4.79 Å². The smallest absolute Gasteiger partial charge is 0.446 e. The molecule has 5 nitrogen and oxygen atoms in total. The molecular weight excluding hydrogens is 233 g/mol. The first-order valence-corrected chi connectivity index (χ1v) is 6.22. The fraction of sp³-hybridized carbons (Fsp3) is 0.750. The third kappa shape index (κ3) is 2.40. The van der Waals surface area contributed by atoms with Crippen LogP contribution in [-0.2, 0) is 14.0 Å². The van der Waals surface area contributed by atoms with Gasteiger partial charge in [-0.15, -0.1) is 0 Å². The van der Waals surface area contributed by atoms with E-state index in [9.17, 15) is 4.79 Å². The van der Waals surface area contributed by atoms with Gasteiger partial charge in [0.2, 0.25) is 0 Å². The molecule has 0 radical (unpaired) electrons. The van der Waals surface area contributed by atoms with Gasteiger partial charge in [-0.25, -0.2) is 4.79 Å². The van der Waals surface area contributed by atoms with E-state index in [4.69, 9.17) is 19.8 Å². The van der Waals surface area contributed by atoms with Gasteiger partial charge in [-0.1, -0.05) is 6.08 Å². The lowest BCUT2D eigenvalue weighted by Crippen LogP contribution is -2.41. The summed E-state index contributed by atoms with van der Waals surface area (Å²) in [5.41, 5.74) is 5.35. The van der Waals surface area contributed by atoms with Gasteiger partial charge in [0.25, 0.3) is 0 Å². The molecule has 1 saturated heterocycles. The largest absolute Gasteiger partial charge is 0.490 e. The number of primary amides is 1. The fourth-order valence-electron chi connectivity index (χ4n) is 2.15. The molecule has 1 unspecified atom stereocenters. The van der Waals surface area contributed by atoms with Gasteiger partial charge in [0.05, 0.1) is 11.2 Å². The van der Waals surface area contributed by atoms with Crippen molar-refractivity contribution in [3.05, 3.63) is 11.5 Å². The number of nitrogens with two attached hydrogens (primary N) is 1. The van der Waals surface area contributed by atoms with Crippen molar-refractivity contribution in [2.24, 2.45) is 5.73 Å². The Morgan fingerprint density at radius 3 is 2.44 bits per heavy atom. The molecule has 2 N–H and O–H groups in total. The first kappa shape index (κ1) is 13.4. The van der Waals surface area contributed by atoms with Gasteiger partial charge < -0.3 is 19.8 Å². The summed E-state index contributed by atoms with van der Waals surface area (Å²) in [4.78, 5) is 10.7. The highest BCUT2D eigenvalue weighted by Crippen LogP contribution is 2.40. The summed E-state index contributed by atoms with van der Waals surface area (Å²) in [5, 5.41) is 0. The zero-order chi connectivity index (χ0) is 13.6. The van der Waals surface area contributed by atoms with E-state index in [-0.39, 0.29) is 24.4 Å². The highest BCUT2D eigenvalue weighted by atomic mass is 16.7. The van der Waals surface area contributed by atoms with Gasteiger partial charge in [0.1, 0.15) is 6.10 Å². The first-order valence-electron chi connectivity index (χ1n) is 6.22. The summed E-state index contributed by atoms with van der Waals surface area (Å²) in [6.45, 7) is 8.06. The lowest BCUT2D eigenvalue weighted by Gasteiger charge is -2.32. The molecule has 100 valence electrons. The second-order valence-corrected chi connectivity index (χ2v) is 5.87. The van der Waals surface area contributed by atoms with Gasteiger partial charge in [-0.05, 0) is 33.2 Å². The Bertz CT molecular complexity index is 376. The van der Waals surface area contributed by atoms with Crippen molar-refractivity contribution in [1.29, 1.82) is 0 Å². The molecular formula is C12H20BNO4. The van der Waals surface area contributed by atoms with Crippen LogP contribution >= 0.6 is 0 Å². The quantitative estimate of drug-likeness (QED) is 0.761. The lowest BCUT2D eigenvalue weighted by molar-refractivity contribution is 0.00578. The minimum atomic E-state index is -0.733. The summed E-state index contributed by atoms with van der Waals surface area (Å²) in [6.07, 6.45) is 2.39. The van der Waals surface area contributed by atoms with Crippen LogP contribution in [0.1, 0.15) is 40.5 Å². The molecule has 0 aromatic carbocycles. The second-order valence-electron chi connectivity index (χ2n) is 5.87. The molecule has 18 heavy (non-hydrogen) atoms. The maximum Gasteiger partial charge on any atom is 0.490 e. The summed E-state index contributed by atoms with van der Waals surface area (Å²) in [6, 6.07) is 0. The number of carbonyl (C=O) groups excluding carboxylic acids is 1. The predicted molar refractivity (Wildman–Crippen MR) is 67.9 cm³/mol. The van der Waals surface area contributed by atoms with E-state index in [1.54, 1.807) is 0 Å². The van der Waals surface area contributed by atoms with Crippen LogP contribution in [0.5, 0.6) is 0 Å². The molecule has 1 fully saturated rings. The molecule has 0 aromatic heterocycles. The zero-order valence-corrected chi connectivity index (χ0v) is 11.4. The number of amides is 1. The third-order valence-corrected chi connectivity index (χ3v) is 3.95. The minimum Gasteiger partial charge on any atom is -0.446 e. The molecule has 0 saturated carbocycles. The van der Waals surface area contributed by atoms with E-state index < -0.39 is 6.09 Å². The summed E-state index contributed by atoms with van der Waals surface area (Å²) < 4.78 is 16.9. The average Bonchev–Trinajstić information content (AvgIpc) is 2.70. The Morgan fingerprint density at radius 1 is 1.39 bits per heavy atom. The SMILES string of the molecule is CC1(C)OB(C2=CCC(OC(N)=O)C2)OC1(C)C. The van der Waals surface area contributed by atoms with E-state index in [1.807, 2.05) is 33.8 Å².